The summed E-state index contributed by atoms with van der Waals surface area (Å²) in [5, 5.41) is 4.10. The average molecular weight is 347 g/mol. The van der Waals surface area contributed by atoms with Crippen molar-refractivity contribution in [3.63, 3.8) is 0 Å². The fourth-order valence-corrected chi connectivity index (χ4v) is 2.41. The van der Waals surface area contributed by atoms with E-state index < -0.39 is 0 Å². The van der Waals surface area contributed by atoms with E-state index in [1.165, 1.54) is 0 Å². The van der Waals surface area contributed by atoms with Gasteiger partial charge in [0, 0.05) is 43.0 Å². The second-order valence-electron chi connectivity index (χ2n) is 4.65. The van der Waals surface area contributed by atoms with Crippen LogP contribution in [0.3, 0.4) is 0 Å². The van der Waals surface area contributed by atoms with Crippen LogP contribution in [0.5, 0.6) is 0 Å². The van der Waals surface area contributed by atoms with Gasteiger partial charge < -0.3 is 10.2 Å². The molecule has 0 bridgehead atoms. The van der Waals surface area contributed by atoms with E-state index in [2.05, 4.69) is 27.3 Å². The molecule has 0 spiro atoms. The number of nitrogens with one attached hydrogen (secondary N) is 1. The van der Waals surface area contributed by atoms with Crippen LogP contribution in [0.25, 0.3) is 11.1 Å². The Kier molecular flexibility index (Phi) is 7.26. The Morgan fingerprint density at radius 2 is 1.52 bits per heavy atom. The standard InChI is InChI=1S/C15H16ClN3.2ClH/c16-14-4-1-12(2-5-14)13-3-6-15(18-11-13)19-9-7-17-8-10-19;;/h1-6,11,17H,7-10H2;2*1H. The monoisotopic (exact) mass is 345 g/mol. The first-order valence-electron chi connectivity index (χ1n) is 6.50. The summed E-state index contributed by atoms with van der Waals surface area (Å²) in [6.45, 7) is 4.10. The van der Waals surface area contributed by atoms with E-state index in [9.17, 15) is 0 Å². The molecule has 0 amide bonds. The number of piperazine rings is 1. The first-order chi connectivity index (χ1) is 9.33. The molecule has 1 fully saturated rings. The third-order valence-electron chi connectivity index (χ3n) is 3.37. The lowest BCUT2D eigenvalue weighted by Crippen LogP contribution is -2.43. The van der Waals surface area contributed by atoms with Gasteiger partial charge in [0.1, 0.15) is 5.82 Å². The molecule has 1 aromatic carbocycles. The molecule has 0 unspecified atom stereocenters. The van der Waals surface area contributed by atoms with Crippen LogP contribution in [0.4, 0.5) is 5.82 Å². The number of hydrogen-bond donors (Lipinski definition) is 1. The Hall–Kier alpha value is -1.00. The summed E-state index contributed by atoms with van der Waals surface area (Å²) in [6.07, 6.45) is 1.93. The molecule has 1 aromatic heterocycles. The van der Waals surface area contributed by atoms with E-state index in [1.54, 1.807) is 0 Å². The van der Waals surface area contributed by atoms with Gasteiger partial charge in [0.25, 0.3) is 0 Å². The molecule has 21 heavy (non-hydrogen) atoms. The molecule has 1 saturated heterocycles. The highest BCUT2D eigenvalue weighted by molar-refractivity contribution is 6.30. The minimum absolute atomic E-state index is 0. The maximum atomic E-state index is 5.90. The summed E-state index contributed by atoms with van der Waals surface area (Å²) >= 11 is 5.90. The molecule has 1 aliphatic heterocycles. The number of pyridine rings is 1. The van der Waals surface area contributed by atoms with Crippen molar-refractivity contribution in [2.75, 3.05) is 31.1 Å². The Morgan fingerprint density at radius 3 is 2.10 bits per heavy atom. The summed E-state index contributed by atoms with van der Waals surface area (Å²) in [5.74, 6) is 1.05. The Labute approximate surface area is 142 Å². The number of halogens is 3. The molecule has 2 heterocycles. The molecular formula is C15H18Cl3N3. The first kappa shape index (κ1) is 18.1. The SMILES string of the molecule is Cl.Cl.Clc1ccc(-c2ccc(N3CCNCC3)nc2)cc1. The Bertz CT molecular complexity index is 537. The van der Waals surface area contributed by atoms with E-state index in [-0.39, 0.29) is 24.8 Å². The minimum Gasteiger partial charge on any atom is -0.354 e. The van der Waals surface area contributed by atoms with Crippen molar-refractivity contribution >= 4 is 42.2 Å². The van der Waals surface area contributed by atoms with Crippen LogP contribution in [0, 0.1) is 0 Å². The molecule has 1 aliphatic rings. The largest absolute Gasteiger partial charge is 0.354 e. The zero-order valence-corrected chi connectivity index (χ0v) is 13.8. The van der Waals surface area contributed by atoms with Gasteiger partial charge in [-0.15, -0.1) is 24.8 Å². The van der Waals surface area contributed by atoms with Crippen LogP contribution >= 0.6 is 36.4 Å². The van der Waals surface area contributed by atoms with E-state index in [0.717, 1.165) is 48.1 Å². The molecule has 2 aromatic rings. The van der Waals surface area contributed by atoms with Crippen LogP contribution < -0.4 is 10.2 Å². The van der Waals surface area contributed by atoms with Gasteiger partial charge in [-0.1, -0.05) is 23.7 Å². The smallest absolute Gasteiger partial charge is 0.128 e. The van der Waals surface area contributed by atoms with Gasteiger partial charge in [0.2, 0.25) is 0 Å². The van der Waals surface area contributed by atoms with Crippen LogP contribution in [0.1, 0.15) is 0 Å². The summed E-state index contributed by atoms with van der Waals surface area (Å²) in [4.78, 5) is 6.87. The van der Waals surface area contributed by atoms with Crippen molar-refractivity contribution < 1.29 is 0 Å². The van der Waals surface area contributed by atoms with Crippen molar-refractivity contribution in [3.05, 3.63) is 47.6 Å². The van der Waals surface area contributed by atoms with Crippen molar-refractivity contribution in [1.82, 2.24) is 10.3 Å². The second-order valence-corrected chi connectivity index (χ2v) is 5.09. The van der Waals surface area contributed by atoms with Gasteiger partial charge in [0.15, 0.2) is 0 Å². The summed E-state index contributed by atoms with van der Waals surface area (Å²) in [6, 6.07) is 12.1. The highest BCUT2D eigenvalue weighted by Crippen LogP contribution is 2.22. The summed E-state index contributed by atoms with van der Waals surface area (Å²) in [7, 11) is 0. The van der Waals surface area contributed by atoms with Gasteiger partial charge in [-0.3, -0.25) is 0 Å². The molecule has 0 saturated carbocycles. The zero-order valence-electron chi connectivity index (χ0n) is 11.5. The topological polar surface area (TPSA) is 28.2 Å². The predicted octanol–water partition coefficient (Wildman–Crippen LogP) is 3.66. The van der Waals surface area contributed by atoms with Crippen molar-refractivity contribution in [3.8, 4) is 11.1 Å². The van der Waals surface area contributed by atoms with Gasteiger partial charge in [-0.05, 0) is 29.8 Å². The molecular weight excluding hydrogens is 329 g/mol. The lowest BCUT2D eigenvalue weighted by atomic mass is 10.1. The molecule has 114 valence electrons. The number of aromatic nitrogens is 1. The van der Waals surface area contributed by atoms with Crippen molar-refractivity contribution in [2.45, 2.75) is 0 Å². The van der Waals surface area contributed by atoms with Crippen molar-refractivity contribution in [2.24, 2.45) is 0 Å². The normalized spacial score (nSPS) is 14.0. The number of benzene rings is 1. The molecule has 3 nitrogen and oxygen atoms in total. The average Bonchev–Trinajstić information content (AvgIpc) is 2.49. The molecule has 0 aliphatic carbocycles. The van der Waals surface area contributed by atoms with E-state index in [1.807, 2.05) is 30.5 Å². The Morgan fingerprint density at radius 1 is 0.905 bits per heavy atom. The molecule has 1 N–H and O–H groups in total. The first-order valence-corrected chi connectivity index (χ1v) is 6.88. The van der Waals surface area contributed by atoms with E-state index in [4.69, 9.17) is 11.6 Å². The number of rotatable bonds is 2. The molecule has 0 radical (unpaired) electrons. The number of hydrogen-bond acceptors (Lipinski definition) is 3. The quantitative estimate of drug-likeness (QED) is 0.899. The van der Waals surface area contributed by atoms with Gasteiger partial charge >= 0.3 is 0 Å². The Balaban J connectivity index is 0.00000110. The van der Waals surface area contributed by atoms with E-state index >= 15 is 0 Å². The maximum absolute atomic E-state index is 5.90. The van der Waals surface area contributed by atoms with Gasteiger partial charge in [0.05, 0.1) is 0 Å². The predicted molar refractivity (Wildman–Crippen MR) is 94.3 cm³/mol. The fraction of sp³-hybridized carbons (Fsp3) is 0.267. The molecule has 0 atom stereocenters. The van der Waals surface area contributed by atoms with Crippen LogP contribution in [-0.4, -0.2) is 31.2 Å². The van der Waals surface area contributed by atoms with Crippen LogP contribution in [0.2, 0.25) is 5.02 Å². The summed E-state index contributed by atoms with van der Waals surface area (Å²) in [5.41, 5.74) is 2.26. The highest BCUT2D eigenvalue weighted by Gasteiger charge is 2.11. The zero-order chi connectivity index (χ0) is 13.1. The minimum atomic E-state index is 0. The maximum Gasteiger partial charge on any atom is 0.128 e. The summed E-state index contributed by atoms with van der Waals surface area (Å²) < 4.78 is 0. The third kappa shape index (κ3) is 4.48. The lowest BCUT2D eigenvalue weighted by Gasteiger charge is -2.28. The fourth-order valence-electron chi connectivity index (χ4n) is 2.28. The molecule has 3 rings (SSSR count). The number of nitrogens with zero attached hydrogens (tertiary/aromatic N) is 2. The number of anilines is 1. The van der Waals surface area contributed by atoms with Crippen LogP contribution in [0.15, 0.2) is 42.6 Å². The van der Waals surface area contributed by atoms with Gasteiger partial charge in [-0.2, -0.15) is 0 Å². The van der Waals surface area contributed by atoms with Gasteiger partial charge in [-0.25, -0.2) is 4.98 Å². The lowest BCUT2D eigenvalue weighted by molar-refractivity contribution is 0.585. The highest BCUT2D eigenvalue weighted by atomic mass is 35.5. The second kappa shape index (κ2) is 8.44. The third-order valence-corrected chi connectivity index (χ3v) is 3.62. The van der Waals surface area contributed by atoms with Crippen LogP contribution in [-0.2, 0) is 0 Å². The van der Waals surface area contributed by atoms with Crippen molar-refractivity contribution in [1.29, 1.82) is 0 Å². The molecule has 6 heteroatoms. The van der Waals surface area contributed by atoms with E-state index in [0.29, 0.717) is 0 Å².